The van der Waals surface area contributed by atoms with Crippen LogP contribution in [0.1, 0.15) is 17.3 Å². The zero-order valence-corrected chi connectivity index (χ0v) is 19.3. The third kappa shape index (κ3) is 6.21. The molecule has 2 N–H and O–H groups in total. The molecule has 1 saturated heterocycles. The van der Waals surface area contributed by atoms with E-state index >= 15 is 0 Å². The lowest BCUT2D eigenvalue weighted by Gasteiger charge is -2.26. The van der Waals surface area contributed by atoms with Gasteiger partial charge in [0, 0.05) is 18.8 Å². The predicted molar refractivity (Wildman–Crippen MR) is 121 cm³/mol. The summed E-state index contributed by atoms with van der Waals surface area (Å²) in [6.07, 6.45) is 0. The van der Waals surface area contributed by atoms with E-state index in [2.05, 4.69) is 10.6 Å². The molecule has 1 fully saturated rings. The molecule has 2 aromatic rings. The number of sulfonamides is 1. The summed E-state index contributed by atoms with van der Waals surface area (Å²) in [5, 5.41) is 5.17. The third-order valence-electron chi connectivity index (χ3n) is 4.88. The van der Waals surface area contributed by atoms with Crippen LogP contribution in [-0.4, -0.2) is 71.1 Å². The summed E-state index contributed by atoms with van der Waals surface area (Å²) in [4.78, 5) is 24.9. The molecule has 0 atom stereocenters. The molecule has 0 spiro atoms. The Balaban J connectivity index is 1.67. The minimum absolute atomic E-state index is 0.0145. The molecule has 0 bridgehead atoms. The molecule has 0 saturated carbocycles. The standard InChI is InChI=1S/C22H27N3O7S/c1-3-32-17-6-4-16(5-7-17)24-21(26)15-23-22(27)19-14-18(8-9-20(19)30-2)33(28,29)25-10-12-31-13-11-25/h4-9,14H,3,10-13,15H2,1-2H3,(H,23,27)(H,24,26). The maximum Gasteiger partial charge on any atom is 0.255 e. The number of hydrogen-bond donors (Lipinski definition) is 2. The van der Waals surface area contributed by atoms with Crippen molar-refractivity contribution in [2.75, 3.05) is 51.9 Å². The van der Waals surface area contributed by atoms with Gasteiger partial charge in [-0.3, -0.25) is 9.59 Å². The van der Waals surface area contributed by atoms with E-state index in [0.717, 1.165) is 0 Å². The monoisotopic (exact) mass is 477 g/mol. The number of methoxy groups -OCH3 is 1. The van der Waals surface area contributed by atoms with Crippen LogP contribution in [0.3, 0.4) is 0 Å². The summed E-state index contributed by atoms with van der Waals surface area (Å²) >= 11 is 0. The molecule has 1 aliphatic rings. The normalized spacial score (nSPS) is 14.4. The highest BCUT2D eigenvalue weighted by Crippen LogP contribution is 2.25. The second-order valence-corrected chi connectivity index (χ2v) is 9.00. The van der Waals surface area contributed by atoms with Gasteiger partial charge in [0.15, 0.2) is 0 Å². The topological polar surface area (TPSA) is 123 Å². The van der Waals surface area contributed by atoms with Crippen LogP contribution in [0.2, 0.25) is 0 Å². The van der Waals surface area contributed by atoms with E-state index < -0.39 is 21.8 Å². The largest absolute Gasteiger partial charge is 0.496 e. The van der Waals surface area contributed by atoms with Crippen molar-refractivity contribution in [3.63, 3.8) is 0 Å². The molecule has 0 radical (unpaired) electrons. The molecule has 0 unspecified atom stereocenters. The maximum absolute atomic E-state index is 12.9. The fourth-order valence-electron chi connectivity index (χ4n) is 3.22. The predicted octanol–water partition coefficient (Wildman–Crippen LogP) is 1.48. The molecule has 0 aliphatic carbocycles. The summed E-state index contributed by atoms with van der Waals surface area (Å²) in [5.74, 6) is -0.195. The molecule has 11 heteroatoms. The molecular formula is C22H27N3O7S. The van der Waals surface area contributed by atoms with Gasteiger partial charge in [-0.25, -0.2) is 8.42 Å². The van der Waals surface area contributed by atoms with Gasteiger partial charge in [0.1, 0.15) is 11.5 Å². The van der Waals surface area contributed by atoms with Gasteiger partial charge >= 0.3 is 0 Å². The molecule has 2 amide bonds. The number of hydrogen-bond acceptors (Lipinski definition) is 7. The van der Waals surface area contributed by atoms with Crippen molar-refractivity contribution >= 4 is 27.5 Å². The first-order chi connectivity index (χ1) is 15.8. The number of benzene rings is 2. The van der Waals surface area contributed by atoms with Gasteiger partial charge in [-0.15, -0.1) is 0 Å². The van der Waals surface area contributed by atoms with Crippen LogP contribution in [0.4, 0.5) is 5.69 Å². The molecule has 10 nitrogen and oxygen atoms in total. The molecule has 2 aromatic carbocycles. The second-order valence-electron chi connectivity index (χ2n) is 7.07. The lowest BCUT2D eigenvalue weighted by molar-refractivity contribution is -0.115. The zero-order chi connectivity index (χ0) is 23.8. The molecule has 0 aromatic heterocycles. The lowest BCUT2D eigenvalue weighted by Crippen LogP contribution is -2.40. The van der Waals surface area contributed by atoms with Crippen molar-refractivity contribution in [3.05, 3.63) is 48.0 Å². The van der Waals surface area contributed by atoms with Crippen molar-refractivity contribution in [1.29, 1.82) is 0 Å². The van der Waals surface area contributed by atoms with E-state index in [0.29, 0.717) is 31.3 Å². The summed E-state index contributed by atoms with van der Waals surface area (Å²) in [5.41, 5.74) is 0.564. The van der Waals surface area contributed by atoms with Crippen molar-refractivity contribution in [3.8, 4) is 11.5 Å². The van der Waals surface area contributed by atoms with Gasteiger partial charge in [-0.05, 0) is 49.4 Å². The molecule has 1 heterocycles. The first-order valence-electron chi connectivity index (χ1n) is 10.4. The summed E-state index contributed by atoms with van der Waals surface area (Å²) in [6, 6.07) is 10.9. The average Bonchev–Trinajstić information content (AvgIpc) is 2.84. The fourth-order valence-corrected chi connectivity index (χ4v) is 4.66. The molecule has 33 heavy (non-hydrogen) atoms. The SMILES string of the molecule is CCOc1ccc(NC(=O)CNC(=O)c2cc(S(=O)(=O)N3CCOCC3)ccc2OC)cc1. The average molecular weight is 478 g/mol. The highest BCUT2D eigenvalue weighted by atomic mass is 32.2. The minimum atomic E-state index is -3.79. The Morgan fingerprint density at radius 2 is 1.79 bits per heavy atom. The van der Waals surface area contributed by atoms with E-state index in [1.54, 1.807) is 24.3 Å². The van der Waals surface area contributed by atoms with E-state index in [9.17, 15) is 18.0 Å². The smallest absolute Gasteiger partial charge is 0.255 e. The molecule has 1 aliphatic heterocycles. The lowest BCUT2D eigenvalue weighted by atomic mass is 10.2. The third-order valence-corrected chi connectivity index (χ3v) is 6.78. The second kappa shape index (κ2) is 11.1. The van der Waals surface area contributed by atoms with Gasteiger partial charge in [0.25, 0.3) is 5.91 Å². The Morgan fingerprint density at radius 3 is 2.42 bits per heavy atom. The summed E-state index contributed by atoms with van der Waals surface area (Å²) in [6.45, 7) is 3.20. The van der Waals surface area contributed by atoms with Crippen molar-refractivity contribution in [2.24, 2.45) is 0 Å². The Hall–Kier alpha value is -3.15. The van der Waals surface area contributed by atoms with E-state index in [-0.39, 0.29) is 35.8 Å². The van der Waals surface area contributed by atoms with Crippen molar-refractivity contribution in [1.82, 2.24) is 9.62 Å². The maximum atomic E-state index is 12.9. The highest BCUT2D eigenvalue weighted by molar-refractivity contribution is 7.89. The first-order valence-corrected chi connectivity index (χ1v) is 11.9. The molecule has 178 valence electrons. The van der Waals surface area contributed by atoms with Crippen LogP contribution < -0.4 is 20.1 Å². The number of anilines is 1. The van der Waals surface area contributed by atoms with E-state index in [1.807, 2.05) is 6.92 Å². The first kappa shape index (κ1) is 24.5. The minimum Gasteiger partial charge on any atom is -0.496 e. The number of ether oxygens (including phenoxy) is 3. The number of nitrogens with one attached hydrogen (secondary N) is 2. The van der Waals surface area contributed by atoms with E-state index in [4.69, 9.17) is 14.2 Å². The van der Waals surface area contributed by atoms with Gasteiger partial charge in [0.2, 0.25) is 15.9 Å². The van der Waals surface area contributed by atoms with Gasteiger partial charge < -0.3 is 24.8 Å². The Labute approximate surface area is 192 Å². The Morgan fingerprint density at radius 1 is 1.09 bits per heavy atom. The molecular weight excluding hydrogens is 450 g/mol. The fraction of sp³-hybridized carbons (Fsp3) is 0.364. The van der Waals surface area contributed by atoms with Crippen LogP contribution in [0.25, 0.3) is 0 Å². The number of carbonyl (C=O) groups is 2. The van der Waals surface area contributed by atoms with Crippen molar-refractivity contribution < 1.29 is 32.2 Å². The number of morpholine rings is 1. The highest BCUT2D eigenvalue weighted by Gasteiger charge is 2.28. The quantitative estimate of drug-likeness (QED) is 0.561. The van der Waals surface area contributed by atoms with Gasteiger partial charge in [-0.2, -0.15) is 4.31 Å². The van der Waals surface area contributed by atoms with Crippen LogP contribution >= 0.6 is 0 Å². The van der Waals surface area contributed by atoms with Gasteiger partial charge in [0.05, 0.1) is 43.9 Å². The number of amides is 2. The van der Waals surface area contributed by atoms with E-state index in [1.165, 1.54) is 29.6 Å². The van der Waals surface area contributed by atoms with Gasteiger partial charge in [-0.1, -0.05) is 0 Å². The van der Waals surface area contributed by atoms with Crippen LogP contribution in [0, 0.1) is 0 Å². The number of carbonyl (C=O) groups excluding carboxylic acids is 2. The van der Waals surface area contributed by atoms with Crippen LogP contribution in [0.15, 0.2) is 47.4 Å². The number of nitrogens with zero attached hydrogens (tertiary/aromatic N) is 1. The van der Waals surface area contributed by atoms with Crippen LogP contribution in [0.5, 0.6) is 11.5 Å². The number of rotatable bonds is 9. The Bertz CT molecular complexity index is 1080. The summed E-state index contributed by atoms with van der Waals surface area (Å²) in [7, 11) is -2.42. The summed E-state index contributed by atoms with van der Waals surface area (Å²) < 4.78 is 42.9. The van der Waals surface area contributed by atoms with Crippen LogP contribution in [-0.2, 0) is 19.6 Å². The zero-order valence-electron chi connectivity index (χ0n) is 18.5. The Kier molecular flexibility index (Phi) is 8.26. The van der Waals surface area contributed by atoms with Crippen molar-refractivity contribution in [2.45, 2.75) is 11.8 Å². The molecule has 3 rings (SSSR count).